The van der Waals surface area contributed by atoms with Gasteiger partial charge in [0.05, 0.1) is 19.9 Å². The van der Waals surface area contributed by atoms with Crippen LogP contribution < -0.4 is 29.2 Å². The molecule has 2 amide bonds. The van der Waals surface area contributed by atoms with Gasteiger partial charge in [-0.15, -0.1) is 0 Å². The van der Waals surface area contributed by atoms with Gasteiger partial charge in [-0.2, -0.15) is 0 Å². The Morgan fingerprint density at radius 2 is 1.86 bits per heavy atom. The van der Waals surface area contributed by atoms with Gasteiger partial charge in [0.25, 0.3) is 0 Å². The van der Waals surface area contributed by atoms with Gasteiger partial charge in [-0.1, -0.05) is 0 Å². The number of nitrogens with one attached hydrogen (secondary N) is 1. The molecule has 28 heavy (non-hydrogen) atoms. The molecule has 8 nitrogen and oxygen atoms in total. The van der Waals surface area contributed by atoms with Crippen LogP contribution in [0.4, 0.5) is 11.4 Å². The Hall–Kier alpha value is -3.42. The van der Waals surface area contributed by atoms with E-state index in [2.05, 4.69) is 5.32 Å². The molecule has 0 radical (unpaired) electrons. The molecule has 0 unspecified atom stereocenters. The van der Waals surface area contributed by atoms with E-state index < -0.39 is 0 Å². The zero-order chi connectivity index (χ0) is 20.1. The summed E-state index contributed by atoms with van der Waals surface area (Å²) in [6, 6.07) is 10.3. The lowest BCUT2D eigenvalue weighted by Gasteiger charge is -2.23. The van der Waals surface area contributed by atoms with Crippen molar-refractivity contribution >= 4 is 23.2 Å². The van der Waals surface area contributed by atoms with Crippen LogP contribution in [0.15, 0.2) is 36.4 Å². The van der Waals surface area contributed by atoms with E-state index >= 15 is 0 Å². The van der Waals surface area contributed by atoms with Crippen molar-refractivity contribution in [2.75, 3.05) is 37.8 Å². The Bertz CT molecular complexity index is 883. The van der Waals surface area contributed by atoms with Gasteiger partial charge >= 0.3 is 0 Å². The Morgan fingerprint density at radius 1 is 1.07 bits per heavy atom. The van der Waals surface area contributed by atoms with Gasteiger partial charge in [-0.25, -0.2) is 0 Å². The number of amides is 2. The molecule has 1 aliphatic rings. The summed E-state index contributed by atoms with van der Waals surface area (Å²) in [7, 11) is 3.07. The quantitative estimate of drug-likeness (QED) is 0.788. The van der Waals surface area contributed by atoms with E-state index in [1.807, 2.05) is 0 Å². The van der Waals surface area contributed by atoms with Gasteiger partial charge in [0.2, 0.25) is 18.6 Å². The molecule has 0 aliphatic carbocycles. The van der Waals surface area contributed by atoms with E-state index in [9.17, 15) is 9.59 Å². The van der Waals surface area contributed by atoms with Crippen LogP contribution >= 0.6 is 0 Å². The first-order chi connectivity index (χ1) is 13.5. The number of hydrogen-bond donors (Lipinski definition) is 1. The van der Waals surface area contributed by atoms with Crippen LogP contribution in [0.3, 0.4) is 0 Å². The SMILES string of the molecule is COc1ccc(N(CCC(=O)Nc2ccc3c(c2)OCO3)C(C)=O)c(OC)c1. The molecule has 1 N–H and O–H groups in total. The van der Waals surface area contributed by atoms with E-state index in [1.165, 1.54) is 18.9 Å². The predicted molar refractivity (Wildman–Crippen MR) is 103 cm³/mol. The Labute approximate surface area is 162 Å². The summed E-state index contributed by atoms with van der Waals surface area (Å²) < 4.78 is 21.1. The van der Waals surface area contributed by atoms with Gasteiger partial charge in [-0.3, -0.25) is 9.59 Å². The molecule has 0 bridgehead atoms. The largest absolute Gasteiger partial charge is 0.497 e. The van der Waals surface area contributed by atoms with Gasteiger partial charge < -0.3 is 29.2 Å². The van der Waals surface area contributed by atoms with Gasteiger partial charge in [0.15, 0.2) is 11.5 Å². The van der Waals surface area contributed by atoms with Crippen molar-refractivity contribution in [2.45, 2.75) is 13.3 Å². The molecule has 1 heterocycles. The molecule has 2 aromatic carbocycles. The fourth-order valence-corrected chi connectivity index (χ4v) is 2.87. The molecule has 0 aromatic heterocycles. The highest BCUT2D eigenvalue weighted by molar-refractivity contribution is 5.96. The minimum atomic E-state index is -0.224. The van der Waals surface area contributed by atoms with Crippen LogP contribution in [0.2, 0.25) is 0 Å². The van der Waals surface area contributed by atoms with Crippen LogP contribution in [0.5, 0.6) is 23.0 Å². The van der Waals surface area contributed by atoms with E-state index in [4.69, 9.17) is 18.9 Å². The molecule has 0 saturated carbocycles. The number of carbonyl (C=O) groups excluding carboxylic acids is 2. The van der Waals surface area contributed by atoms with Gasteiger partial charge in [0.1, 0.15) is 11.5 Å². The summed E-state index contributed by atoms with van der Waals surface area (Å²) >= 11 is 0. The van der Waals surface area contributed by atoms with Crippen LogP contribution in [0.25, 0.3) is 0 Å². The van der Waals surface area contributed by atoms with Gasteiger partial charge in [0, 0.05) is 37.7 Å². The fourth-order valence-electron chi connectivity index (χ4n) is 2.87. The summed E-state index contributed by atoms with van der Waals surface area (Å²) in [5, 5.41) is 2.80. The highest BCUT2D eigenvalue weighted by Crippen LogP contribution is 2.34. The lowest BCUT2D eigenvalue weighted by Crippen LogP contribution is -2.32. The molecule has 0 spiro atoms. The molecular formula is C20H22N2O6. The van der Waals surface area contributed by atoms with E-state index in [0.717, 1.165) is 0 Å². The average Bonchev–Trinajstić information content (AvgIpc) is 3.15. The Morgan fingerprint density at radius 3 is 2.57 bits per heavy atom. The van der Waals surface area contributed by atoms with Crippen molar-refractivity contribution in [1.29, 1.82) is 0 Å². The van der Waals surface area contributed by atoms with Crippen molar-refractivity contribution in [3.63, 3.8) is 0 Å². The number of rotatable bonds is 7. The molecule has 8 heteroatoms. The van der Waals surface area contributed by atoms with E-state index in [-0.39, 0.29) is 31.6 Å². The number of anilines is 2. The highest BCUT2D eigenvalue weighted by Gasteiger charge is 2.19. The summed E-state index contributed by atoms with van der Waals surface area (Å²) in [5.41, 5.74) is 1.18. The third-order valence-electron chi connectivity index (χ3n) is 4.28. The smallest absolute Gasteiger partial charge is 0.231 e. The standard InChI is InChI=1S/C20H22N2O6/c1-13(23)22(16-6-5-15(25-2)11-18(16)26-3)9-8-20(24)21-14-4-7-17-19(10-14)28-12-27-17/h4-7,10-11H,8-9,12H2,1-3H3,(H,21,24). The van der Waals surface area contributed by atoms with Crippen molar-refractivity contribution < 1.29 is 28.5 Å². The minimum absolute atomic E-state index is 0.114. The maximum Gasteiger partial charge on any atom is 0.231 e. The number of fused-ring (bicyclic) bond motifs is 1. The second-order valence-electron chi connectivity index (χ2n) is 6.07. The normalized spacial score (nSPS) is 11.7. The summed E-state index contributed by atoms with van der Waals surface area (Å²) in [6.45, 7) is 1.82. The Balaban J connectivity index is 1.66. The molecule has 148 valence electrons. The minimum Gasteiger partial charge on any atom is -0.497 e. The van der Waals surface area contributed by atoms with Crippen molar-refractivity contribution in [3.05, 3.63) is 36.4 Å². The number of nitrogens with zero attached hydrogens (tertiary/aromatic N) is 1. The summed E-state index contributed by atoms with van der Waals surface area (Å²) in [4.78, 5) is 26.0. The molecule has 0 fully saturated rings. The number of ether oxygens (including phenoxy) is 4. The van der Waals surface area contributed by atoms with Crippen LogP contribution in [0.1, 0.15) is 13.3 Å². The molecule has 3 rings (SSSR count). The molecular weight excluding hydrogens is 364 g/mol. The first-order valence-electron chi connectivity index (χ1n) is 8.71. The highest BCUT2D eigenvalue weighted by atomic mass is 16.7. The lowest BCUT2D eigenvalue weighted by molar-refractivity contribution is -0.117. The topological polar surface area (TPSA) is 86.3 Å². The number of hydrogen-bond acceptors (Lipinski definition) is 6. The monoisotopic (exact) mass is 386 g/mol. The lowest BCUT2D eigenvalue weighted by atomic mass is 10.2. The molecule has 0 atom stereocenters. The zero-order valence-electron chi connectivity index (χ0n) is 16.0. The summed E-state index contributed by atoms with van der Waals surface area (Å²) in [6.07, 6.45) is 0.114. The van der Waals surface area contributed by atoms with Gasteiger partial charge in [-0.05, 0) is 24.3 Å². The zero-order valence-corrected chi connectivity index (χ0v) is 16.0. The number of methoxy groups -OCH3 is 2. The third-order valence-corrected chi connectivity index (χ3v) is 4.28. The first kappa shape index (κ1) is 19.3. The van der Waals surface area contributed by atoms with E-state index in [0.29, 0.717) is 34.4 Å². The molecule has 1 aliphatic heterocycles. The average molecular weight is 386 g/mol. The predicted octanol–water partition coefficient (Wildman–Crippen LogP) is 2.81. The summed E-state index contributed by atoms with van der Waals surface area (Å²) in [5.74, 6) is 1.92. The maximum atomic E-state index is 12.4. The number of benzene rings is 2. The number of carbonyl (C=O) groups is 2. The molecule has 0 saturated heterocycles. The third kappa shape index (κ3) is 4.28. The van der Waals surface area contributed by atoms with Crippen LogP contribution in [-0.2, 0) is 9.59 Å². The second-order valence-corrected chi connectivity index (χ2v) is 6.07. The maximum absolute atomic E-state index is 12.4. The first-order valence-corrected chi connectivity index (χ1v) is 8.71. The van der Waals surface area contributed by atoms with Crippen molar-refractivity contribution in [2.24, 2.45) is 0 Å². The Kier molecular flexibility index (Phi) is 5.88. The molecule has 2 aromatic rings. The van der Waals surface area contributed by atoms with Crippen molar-refractivity contribution in [1.82, 2.24) is 0 Å². The van der Waals surface area contributed by atoms with Crippen molar-refractivity contribution in [3.8, 4) is 23.0 Å². The van der Waals surface area contributed by atoms with Crippen LogP contribution in [-0.4, -0.2) is 39.4 Å². The fraction of sp³-hybridized carbons (Fsp3) is 0.300. The van der Waals surface area contributed by atoms with E-state index in [1.54, 1.807) is 43.5 Å². The van der Waals surface area contributed by atoms with Crippen LogP contribution in [0, 0.1) is 0 Å². The second kappa shape index (κ2) is 8.51.